The van der Waals surface area contributed by atoms with E-state index in [9.17, 15) is 10.1 Å². The van der Waals surface area contributed by atoms with E-state index in [1.165, 1.54) is 12.1 Å². The van der Waals surface area contributed by atoms with Crippen LogP contribution in [0, 0.1) is 17.0 Å². The minimum absolute atomic E-state index is 0.0655. The van der Waals surface area contributed by atoms with Crippen LogP contribution in [0.1, 0.15) is 11.1 Å². The Kier molecular flexibility index (Phi) is 4.62. The number of nitro benzene ring substituents is 1. The molecule has 6 heteroatoms. The molecule has 0 aliphatic carbocycles. The molecular weight excluding hydrogens is 344 g/mol. The minimum atomic E-state index is -0.403. The first-order valence-corrected chi connectivity index (χ1v) is 7.07. The van der Waals surface area contributed by atoms with E-state index < -0.39 is 4.92 Å². The van der Waals surface area contributed by atoms with E-state index in [1.54, 1.807) is 6.07 Å². The SMILES string of the molecule is Cc1cc(NCc2cc(Cl)ccc2[N+](=O)[O-])ccc1Br. The second kappa shape index (κ2) is 6.24. The molecular formula is C14H12BrClN2O2. The lowest BCUT2D eigenvalue weighted by Crippen LogP contribution is -2.03. The van der Waals surface area contributed by atoms with Crippen molar-refractivity contribution in [1.29, 1.82) is 0 Å². The van der Waals surface area contributed by atoms with Crippen LogP contribution in [0.2, 0.25) is 5.02 Å². The highest BCUT2D eigenvalue weighted by atomic mass is 79.9. The highest BCUT2D eigenvalue weighted by Gasteiger charge is 2.13. The molecule has 104 valence electrons. The van der Waals surface area contributed by atoms with Crippen molar-refractivity contribution in [3.63, 3.8) is 0 Å². The van der Waals surface area contributed by atoms with Crippen molar-refractivity contribution in [3.05, 3.63) is 67.1 Å². The molecule has 0 saturated carbocycles. The van der Waals surface area contributed by atoms with Gasteiger partial charge in [0.25, 0.3) is 5.69 Å². The molecule has 1 N–H and O–H groups in total. The highest BCUT2D eigenvalue weighted by Crippen LogP contribution is 2.25. The Hall–Kier alpha value is -1.59. The third-order valence-corrected chi connectivity index (χ3v) is 4.00. The number of benzene rings is 2. The topological polar surface area (TPSA) is 55.2 Å². The largest absolute Gasteiger partial charge is 0.381 e. The van der Waals surface area contributed by atoms with Gasteiger partial charge in [0, 0.05) is 27.8 Å². The molecule has 0 unspecified atom stereocenters. The number of nitrogens with zero attached hydrogens (tertiary/aromatic N) is 1. The predicted molar refractivity (Wildman–Crippen MR) is 84.3 cm³/mol. The van der Waals surface area contributed by atoms with E-state index in [0.717, 1.165) is 15.7 Å². The van der Waals surface area contributed by atoms with Crippen molar-refractivity contribution in [2.45, 2.75) is 13.5 Å². The fraction of sp³-hybridized carbons (Fsp3) is 0.143. The Bertz CT molecular complexity index is 662. The number of nitrogens with one attached hydrogen (secondary N) is 1. The molecule has 2 aromatic rings. The van der Waals surface area contributed by atoms with Gasteiger partial charge in [0.2, 0.25) is 0 Å². The van der Waals surface area contributed by atoms with Gasteiger partial charge in [-0.25, -0.2) is 0 Å². The summed E-state index contributed by atoms with van der Waals surface area (Å²) >= 11 is 9.32. The summed E-state index contributed by atoms with van der Waals surface area (Å²) in [5.74, 6) is 0. The van der Waals surface area contributed by atoms with E-state index >= 15 is 0 Å². The van der Waals surface area contributed by atoms with Gasteiger partial charge in [0.15, 0.2) is 0 Å². The van der Waals surface area contributed by atoms with Crippen LogP contribution in [0.5, 0.6) is 0 Å². The van der Waals surface area contributed by atoms with Gasteiger partial charge in [-0.1, -0.05) is 27.5 Å². The maximum Gasteiger partial charge on any atom is 0.274 e. The first-order valence-electron chi connectivity index (χ1n) is 5.90. The average Bonchev–Trinajstić information content (AvgIpc) is 2.40. The Morgan fingerprint density at radius 2 is 2.05 bits per heavy atom. The van der Waals surface area contributed by atoms with E-state index in [2.05, 4.69) is 21.2 Å². The molecule has 0 bridgehead atoms. The van der Waals surface area contributed by atoms with Gasteiger partial charge in [0.05, 0.1) is 10.5 Å². The van der Waals surface area contributed by atoms with Gasteiger partial charge in [-0.15, -0.1) is 0 Å². The van der Waals surface area contributed by atoms with E-state index in [0.29, 0.717) is 17.1 Å². The summed E-state index contributed by atoms with van der Waals surface area (Å²) < 4.78 is 1.02. The summed E-state index contributed by atoms with van der Waals surface area (Å²) in [6, 6.07) is 10.4. The van der Waals surface area contributed by atoms with Crippen molar-refractivity contribution in [2.24, 2.45) is 0 Å². The molecule has 0 fully saturated rings. The number of hydrogen-bond acceptors (Lipinski definition) is 3. The average molecular weight is 356 g/mol. The summed E-state index contributed by atoms with van der Waals surface area (Å²) in [7, 11) is 0. The van der Waals surface area contributed by atoms with Crippen LogP contribution in [0.15, 0.2) is 40.9 Å². The Labute approximate surface area is 130 Å². The fourth-order valence-electron chi connectivity index (χ4n) is 1.83. The first-order chi connectivity index (χ1) is 9.47. The van der Waals surface area contributed by atoms with Crippen LogP contribution in [0.4, 0.5) is 11.4 Å². The molecule has 2 rings (SSSR count). The van der Waals surface area contributed by atoms with Crippen LogP contribution < -0.4 is 5.32 Å². The number of anilines is 1. The van der Waals surface area contributed by atoms with Crippen LogP contribution in [0.25, 0.3) is 0 Å². The zero-order valence-corrected chi connectivity index (χ0v) is 13.0. The lowest BCUT2D eigenvalue weighted by atomic mass is 10.1. The molecule has 0 heterocycles. The lowest BCUT2D eigenvalue weighted by molar-refractivity contribution is -0.385. The highest BCUT2D eigenvalue weighted by molar-refractivity contribution is 9.10. The van der Waals surface area contributed by atoms with Crippen LogP contribution >= 0.6 is 27.5 Å². The molecule has 0 aromatic heterocycles. The minimum Gasteiger partial charge on any atom is -0.381 e. The Morgan fingerprint density at radius 3 is 2.70 bits per heavy atom. The fourth-order valence-corrected chi connectivity index (χ4v) is 2.27. The molecule has 0 aliphatic rings. The van der Waals surface area contributed by atoms with Crippen molar-refractivity contribution in [2.75, 3.05) is 5.32 Å². The molecule has 20 heavy (non-hydrogen) atoms. The van der Waals surface area contributed by atoms with Gasteiger partial charge in [0.1, 0.15) is 0 Å². The lowest BCUT2D eigenvalue weighted by Gasteiger charge is -2.09. The third kappa shape index (κ3) is 3.49. The first kappa shape index (κ1) is 14.8. The molecule has 0 spiro atoms. The molecule has 2 aromatic carbocycles. The summed E-state index contributed by atoms with van der Waals surface area (Å²) in [4.78, 5) is 10.6. The molecule has 0 saturated heterocycles. The number of nitro groups is 1. The second-order valence-electron chi connectivity index (χ2n) is 4.35. The monoisotopic (exact) mass is 354 g/mol. The zero-order valence-electron chi connectivity index (χ0n) is 10.7. The normalized spacial score (nSPS) is 10.3. The van der Waals surface area contributed by atoms with Gasteiger partial charge < -0.3 is 5.32 Å². The van der Waals surface area contributed by atoms with E-state index in [-0.39, 0.29) is 5.69 Å². The van der Waals surface area contributed by atoms with Crippen molar-refractivity contribution < 1.29 is 4.92 Å². The van der Waals surface area contributed by atoms with Crippen LogP contribution in [-0.4, -0.2) is 4.92 Å². The predicted octanol–water partition coefficient (Wildman–Crippen LogP) is 4.93. The zero-order chi connectivity index (χ0) is 14.7. The van der Waals surface area contributed by atoms with Gasteiger partial charge in [-0.3, -0.25) is 10.1 Å². The van der Waals surface area contributed by atoms with Gasteiger partial charge >= 0.3 is 0 Å². The van der Waals surface area contributed by atoms with Crippen LogP contribution in [0.3, 0.4) is 0 Å². The summed E-state index contributed by atoms with van der Waals surface area (Å²) in [6.45, 7) is 2.33. The number of rotatable bonds is 4. The Morgan fingerprint density at radius 1 is 1.30 bits per heavy atom. The number of hydrogen-bond donors (Lipinski definition) is 1. The molecule has 0 aliphatic heterocycles. The maximum atomic E-state index is 11.0. The second-order valence-corrected chi connectivity index (χ2v) is 5.64. The van der Waals surface area contributed by atoms with Crippen molar-refractivity contribution in [3.8, 4) is 0 Å². The molecule has 0 radical (unpaired) electrons. The van der Waals surface area contributed by atoms with Gasteiger partial charge in [-0.05, 0) is 42.8 Å². The molecule has 4 nitrogen and oxygen atoms in total. The number of halogens is 2. The molecule has 0 amide bonds. The Balaban J connectivity index is 2.20. The summed E-state index contributed by atoms with van der Waals surface area (Å²) in [6.07, 6.45) is 0. The summed E-state index contributed by atoms with van der Waals surface area (Å²) in [5, 5.41) is 14.6. The standard InChI is InChI=1S/C14H12BrClN2O2/c1-9-6-12(3-4-13(9)15)17-8-10-7-11(16)2-5-14(10)18(19)20/h2-7,17H,8H2,1H3. The van der Waals surface area contributed by atoms with E-state index in [4.69, 9.17) is 11.6 Å². The maximum absolute atomic E-state index is 11.0. The van der Waals surface area contributed by atoms with Crippen molar-refractivity contribution in [1.82, 2.24) is 0 Å². The molecule has 0 atom stereocenters. The van der Waals surface area contributed by atoms with Crippen LogP contribution in [-0.2, 0) is 6.54 Å². The van der Waals surface area contributed by atoms with E-state index in [1.807, 2.05) is 25.1 Å². The van der Waals surface area contributed by atoms with Gasteiger partial charge in [-0.2, -0.15) is 0 Å². The number of aryl methyl sites for hydroxylation is 1. The van der Waals surface area contributed by atoms with Crippen molar-refractivity contribution >= 4 is 38.9 Å². The third-order valence-electron chi connectivity index (χ3n) is 2.88. The smallest absolute Gasteiger partial charge is 0.274 e. The summed E-state index contributed by atoms with van der Waals surface area (Å²) in [5.41, 5.74) is 2.62. The quantitative estimate of drug-likeness (QED) is 0.625.